The van der Waals surface area contributed by atoms with Gasteiger partial charge in [0.15, 0.2) is 0 Å². The maximum atomic E-state index is 9.05. The fourth-order valence-corrected chi connectivity index (χ4v) is 2.40. The van der Waals surface area contributed by atoms with E-state index in [9.17, 15) is 0 Å². The highest BCUT2D eigenvalue weighted by Gasteiger charge is 2.30. The Kier molecular flexibility index (Phi) is 13.9. The van der Waals surface area contributed by atoms with Crippen LogP contribution in [-0.4, -0.2) is 58.5 Å². The molecule has 3 unspecified atom stereocenters. The highest BCUT2D eigenvalue weighted by molar-refractivity contribution is 4.83. The highest BCUT2D eigenvalue weighted by atomic mass is 16.3. The molecule has 0 fully saturated rings. The van der Waals surface area contributed by atoms with Crippen molar-refractivity contribution in [2.24, 2.45) is 15.3 Å². The Hall–Kier alpha value is -2.23. The molecule has 3 N–H and O–H groups in total. The van der Waals surface area contributed by atoms with E-state index in [2.05, 4.69) is 30.1 Å². The number of azide groups is 3. The van der Waals surface area contributed by atoms with Crippen LogP contribution in [0.2, 0.25) is 0 Å². The van der Waals surface area contributed by atoms with E-state index in [4.69, 9.17) is 31.9 Å². The summed E-state index contributed by atoms with van der Waals surface area (Å²) in [6.45, 7) is -0.384. The minimum absolute atomic E-state index is 0.128. The number of aliphatic hydroxyl groups excluding tert-OH is 3. The molecule has 140 valence electrons. The number of hydrogen-bond donors (Lipinski definition) is 3. The predicted octanol–water partition coefficient (Wildman–Crippen LogP) is 2.52. The van der Waals surface area contributed by atoms with Gasteiger partial charge in [-0.3, -0.25) is 4.90 Å². The normalized spacial score (nSPS) is 13.9. The number of hydrogen-bond acceptors (Lipinski definition) is 7. The Labute approximate surface area is 144 Å². The van der Waals surface area contributed by atoms with Crippen LogP contribution in [0.1, 0.15) is 38.5 Å². The second kappa shape index (κ2) is 15.3. The lowest BCUT2D eigenvalue weighted by molar-refractivity contribution is 0.0593. The number of rotatable bonds is 15. The van der Waals surface area contributed by atoms with E-state index >= 15 is 0 Å². The van der Waals surface area contributed by atoms with Crippen molar-refractivity contribution in [2.75, 3.05) is 19.8 Å². The summed E-state index contributed by atoms with van der Waals surface area (Å²) < 4.78 is 0. The van der Waals surface area contributed by atoms with Crippen LogP contribution >= 0.6 is 0 Å². The smallest absolute Gasteiger partial charge is 0.0894 e. The van der Waals surface area contributed by atoms with E-state index in [0.717, 1.165) is 0 Å². The molecule has 0 aromatic rings. The molecule has 0 aromatic carbocycles. The lowest BCUT2D eigenvalue weighted by Crippen LogP contribution is -2.47. The van der Waals surface area contributed by atoms with E-state index < -0.39 is 18.5 Å². The van der Waals surface area contributed by atoms with E-state index in [-0.39, 0.29) is 39.1 Å². The van der Waals surface area contributed by atoms with E-state index in [0.29, 0.717) is 19.3 Å². The number of aliphatic hydroxyl groups is 3. The molecule has 0 spiro atoms. The summed E-state index contributed by atoms with van der Waals surface area (Å²) in [5.74, 6) is 0. The van der Waals surface area contributed by atoms with Crippen LogP contribution in [0.4, 0.5) is 0 Å². The van der Waals surface area contributed by atoms with Crippen molar-refractivity contribution in [3.63, 3.8) is 0 Å². The maximum Gasteiger partial charge on any atom is 0.0894 e. The van der Waals surface area contributed by atoms with Gasteiger partial charge in [0, 0.05) is 34.6 Å². The van der Waals surface area contributed by atoms with E-state index in [1.54, 1.807) is 0 Å². The first-order chi connectivity index (χ1) is 12.2. The molecule has 0 saturated carbocycles. The topological polar surface area (TPSA) is 210 Å². The van der Waals surface area contributed by atoms with Gasteiger partial charge in [0.1, 0.15) is 0 Å². The zero-order valence-corrected chi connectivity index (χ0v) is 13.9. The fraction of sp³-hybridized carbons (Fsp3) is 1.00. The van der Waals surface area contributed by atoms with Gasteiger partial charge < -0.3 is 15.3 Å². The zero-order valence-electron chi connectivity index (χ0n) is 13.9. The van der Waals surface area contributed by atoms with Gasteiger partial charge in [-0.05, 0) is 55.1 Å². The van der Waals surface area contributed by atoms with Gasteiger partial charge in [-0.25, -0.2) is 0 Å². The maximum absolute atomic E-state index is 9.05. The first kappa shape index (κ1) is 22.8. The molecular formula is C12H24N10O3. The molecule has 13 nitrogen and oxygen atoms in total. The average Bonchev–Trinajstić information content (AvgIpc) is 2.62. The van der Waals surface area contributed by atoms with E-state index in [1.165, 1.54) is 4.90 Å². The van der Waals surface area contributed by atoms with Crippen molar-refractivity contribution in [2.45, 2.75) is 57.0 Å². The Morgan fingerprint density at radius 1 is 0.640 bits per heavy atom. The van der Waals surface area contributed by atoms with Crippen molar-refractivity contribution < 1.29 is 15.3 Å². The third kappa shape index (κ3) is 8.99. The average molecular weight is 356 g/mol. The predicted molar refractivity (Wildman–Crippen MR) is 89.6 cm³/mol. The minimum atomic E-state index is -0.819. The Bertz CT molecular complexity index is 428. The Morgan fingerprint density at radius 3 is 1.12 bits per heavy atom. The SMILES string of the molecule is [N-]=[N+]=NC(CCCO)N(C(CCCO)N=[N+]=[N-])C(CCCO)N=[N+]=[N-]. The molecule has 13 heteroatoms. The van der Waals surface area contributed by atoms with Gasteiger partial charge in [-0.15, -0.1) is 0 Å². The van der Waals surface area contributed by atoms with Crippen LogP contribution in [0.15, 0.2) is 15.3 Å². The molecule has 0 rings (SSSR count). The monoisotopic (exact) mass is 356 g/mol. The molecule has 0 bridgehead atoms. The van der Waals surface area contributed by atoms with Gasteiger partial charge >= 0.3 is 0 Å². The van der Waals surface area contributed by atoms with Crippen molar-refractivity contribution in [1.82, 2.24) is 4.90 Å². The lowest BCUT2D eigenvalue weighted by atomic mass is 10.1. The Balaban J connectivity index is 5.84. The summed E-state index contributed by atoms with van der Waals surface area (Å²) in [6, 6.07) is 0. The van der Waals surface area contributed by atoms with Crippen molar-refractivity contribution in [1.29, 1.82) is 0 Å². The van der Waals surface area contributed by atoms with Crippen LogP contribution in [0.25, 0.3) is 31.3 Å². The van der Waals surface area contributed by atoms with Gasteiger partial charge in [0.25, 0.3) is 0 Å². The van der Waals surface area contributed by atoms with Crippen LogP contribution in [0.5, 0.6) is 0 Å². The first-order valence-corrected chi connectivity index (χ1v) is 7.92. The number of nitrogens with zero attached hydrogens (tertiary/aromatic N) is 10. The van der Waals surface area contributed by atoms with Crippen LogP contribution in [-0.2, 0) is 0 Å². The van der Waals surface area contributed by atoms with Crippen LogP contribution in [0.3, 0.4) is 0 Å². The molecule has 0 amide bonds. The molecular weight excluding hydrogens is 332 g/mol. The molecule has 0 heterocycles. The molecule has 25 heavy (non-hydrogen) atoms. The summed E-state index contributed by atoms with van der Waals surface area (Å²) in [6.07, 6.45) is -0.707. The fourth-order valence-electron chi connectivity index (χ4n) is 2.40. The van der Waals surface area contributed by atoms with Gasteiger partial charge in [0.2, 0.25) is 0 Å². The summed E-state index contributed by atoms with van der Waals surface area (Å²) >= 11 is 0. The largest absolute Gasteiger partial charge is 0.396 e. The third-order valence-corrected chi connectivity index (χ3v) is 3.45. The van der Waals surface area contributed by atoms with Crippen molar-refractivity contribution >= 4 is 0 Å². The summed E-state index contributed by atoms with van der Waals surface area (Å²) in [4.78, 5) is 9.85. The molecule has 3 atom stereocenters. The van der Waals surface area contributed by atoms with Gasteiger partial charge in [-0.1, -0.05) is 15.3 Å². The molecule has 0 aromatic heterocycles. The quantitative estimate of drug-likeness (QED) is 0.229. The summed E-state index contributed by atoms with van der Waals surface area (Å²) in [5, 5.41) is 38.2. The second-order valence-electron chi connectivity index (χ2n) is 5.10. The third-order valence-electron chi connectivity index (χ3n) is 3.45. The van der Waals surface area contributed by atoms with Gasteiger partial charge in [0.05, 0.1) is 18.5 Å². The standard InChI is InChI=1S/C12H24N10O3/c13-19-16-10(4-1-7-23)22(11(17-20-14)5-2-8-24)12(18-21-15)6-3-9-25/h10-12,23-25H,1-9H2. The minimum Gasteiger partial charge on any atom is -0.396 e. The summed E-state index contributed by atoms with van der Waals surface area (Å²) in [7, 11) is 0. The molecule has 0 saturated heterocycles. The van der Waals surface area contributed by atoms with Gasteiger partial charge in [-0.2, -0.15) is 0 Å². The second-order valence-corrected chi connectivity index (χ2v) is 5.10. The van der Waals surface area contributed by atoms with Crippen LogP contribution < -0.4 is 0 Å². The Morgan fingerprint density at radius 2 is 0.920 bits per heavy atom. The molecule has 0 aliphatic carbocycles. The molecule has 0 radical (unpaired) electrons. The van der Waals surface area contributed by atoms with Crippen molar-refractivity contribution in [3.8, 4) is 0 Å². The van der Waals surface area contributed by atoms with E-state index in [1.807, 2.05) is 0 Å². The molecule has 0 aliphatic rings. The summed E-state index contributed by atoms with van der Waals surface area (Å²) in [5.41, 5.74) is 26.5. The first-order valence-electron chi connectivity index (χ1n) is 7.92. The zero-order chi connectivity index (χ0) is 18.9. The van der Waals surface area contributed by atoms with Crippen LogP contribution in [0, 0.1) is 0 Å². The molecule has 0 aliphatic heterocycles. The highest BCUT2D eigenvalue weighted by Crippen LogP contribution is 2.24. The lowest BCUT2D eigenvalue weighted by Gasteiger charge is -2.38. The van der Waals surface area contributed by atoms with Crippen molar-refractivity contribution in [3.05, 3.63) is 31.3 Å².